The van der Waals surface area contributed by atoms with Crippen LogP contribution in [0.15, 0.2) is 42.5 Å². The maximum Gasteiger partial charge on any atom is 0.339 e. The summed E-state index contributed by atoms with van der Waals surface area (Å²) in [5, 5.41) is 0.237. The molecule has 0 atom stereocenters. The molecule has 33 heavy (non-hydrogen) atoms. The molecule has 0 aliphatic heterocycles. The highest BCUT2D eigenvalue weighted by molar-refractivity contribution is 6.33. The van der Waals surface area contributed by atoms with Gasteiger partial charge in [0.25, 0.3) is 0 Å². The molecular weight excluding hydrogens is 436 g/mol. The van der Waals surface area contributed by atoms with Crippen molar-refractivity contribution in [2.75, 3.05) is 0 Å². The van der Waals surface area contributed by atoms with Crippen LogP contribution < -0.4 is 4.74 Å². The maximum absolute atomic E-state index is 12.7. The highest BCUT2D eigenvalue weighted by Crippen LogP contribution is 2.34. The minimum atomic E-state index is -0.447. The van der Waals surface area contributed by atoms with Crippen molar-refractivity contribution < 1.29 is 19.1 Å². The first-order valence-corrected chi connectivity index (χ1v) is 12.7. The zero-order valence-corrected chi connectivity index (χ0v) is 20.1. The van der Waals surface area contributed by atoms with Gasteiger partial charge >= 0.3 is 11.9 Å². The van der Waals surface area contributed by atoms with Crippen molar-refractivity contribution in [3.8, 4) is 5.75 Å². The Bertz CT molecular complexity index is 953. The third kappa shape index (κ3) is 6.17. The molecule has 2 aliphatic rings. The second-order valence-corrected chi connectivity index (χ2v) is 9.89. The lowest BCUT2D eigenvalue weighted by atomic mass is 9.80. The van der Waals surface area contributed by atoms with Crippen molar-refractivity contribution in [2.45, 2.75) is 77.2 Å². The van der Waals surface area contributed by atoms with Gasteiger partial charge in [-0.3, -0.25) is 4.79 Å². The second-order valence-electron chi connectivity index (χ2n) is 9.48. The summed E-state index contributed by atoms with van der Waals surface area (Å²) in [5.74, 6) is 0.418. The van der Waals surface area contributed by atoms with Crippen molar-refractivity contribution >= 4 is 23.5 Å². The molecule has 0 heterocycles. The monoisotopic (exact) mass is 468 g/mol. The fraction of sp³-hybridized carbons (Fsp3) is 0.500. The number of rotatable bonds is 8. The summed E-state index contributed by atoms with van der Waals surface area (Å²) < 4.78 is 11.3. The number of hydrogen-bond donors (Lipinski definition) is 0. The zero-order valence-electron chi connectivity index (χ0n) is 19.4. The first-order chi connectivity index (χ1) is 16.0. The van der Waals surface area contributed by atoms with Gasteiger partial charge in [-0.05, 0) is 54.9 Å². The van der Waals surface area contributed by atoms with Gasteiger partial charge in [-0.15, -0.1) is 0 Å². The quantitative estimate of drug-likeness (QED) is 0.239. The molecule has 2 aromatic rings. The predicted molar refractivity (Wildman–Crippen MR) is 130 cm³/mol. The molecular formula is C28H33ClO4. The van der Waals surface area contributed by atoms with Crippen LogP contribution in [0.4, 0.5) is 0 Å². The summed E-state index contributed by atoms with van der Waals surface area (Å²) in [4.78, 5) is 25.3. The lowest BCUT2D eigenvalue weighted by Crippen LogP contribution is -2.25. The van der Waals surface area contributed by atoms with E-state index in [1.54, 1.807) is 12.1 Å². The van der Waals surface area contributed by atoms with E-state index in [1.807, 2.05) is 12.1 Å². The Labute approximate surface area is 201 Å². The summed E-state index contributed by atoms with van der Waals surface area (Å²) in [7, 11) is 0. The smallest absolute Gasteiger partial charge is 0.339 e. The van der Waals surface area contributed by atoms with Crippen LogP contribution in [0.3, 0.4) is 0 Å². The SMILES string of the molecule is CCCCCC1CCC(C(=O)Oc2ccc(C(=O)OC3Cc4ccccc4C3)c(Cl)c2)CC1. The molecule has 0 saturated heterocycles. The maximum atomic E-state index is 12.7. The van der Waals surface area contributed by atoms with Crippen LogP contribution in [0.25, 0.3) is 0 Å². The Kier molecular flexibility index (Phi) is 8.08. The van der Waals surface area contributed by atoms with Crippen molar-refractivity contribution in [1.82, 2.24) is 0 Å². The molecule has 1 fully saturated rings. The van der Waals surface area contributed by atoms with Crippen molar-refractivity contribution in [1.29, 1.82) is 0 Å². The molecule has 4 rings (SSSR count). The number of esters is 2. The number of fused-ring (bicyclic) bond motifs is 1. The minimum absolute atomic E-state index is 0.0557. The average Bonchev–Trinajstić information content (AvgIpc) is 3.22. The van der Waals surface area contributed by atoms with E-state index in [9.17, 15) is 9.59 Å². The molecule has 0 radical (unpaired) electrons. The molecule has 0 N–H and O–H groups in total. The van der Waals surface area contributed by atoms with E-state index in [0.29, 0.717) is 11.3 Å². The number of unbranched alkanes of at least 4 members (excludes halogenated alkanes) is 2. The highest BCUT2D eigenvalue weighted by atomic mass is 35.5. The average molecular weight is 469 g/mol. The van der Waals surface area contributed by atoms with Gasteiger partial charge in [0.15, 0.2) is 0 Å². The lowest BCUT2D eigenvalue weighted by Gasteiger charge is -2.27. The van der Waals surface area contributed by atoms with E-state index in [2.05, 4.69) is 19.1 Å². The van der Waals surface area contributed by atoms with E-state index >= 15 is 0 Å². The Morgan fingerprint density at radius 3 is 2.30 bits per heavy atom. The summed E-state index contributed by atoms with van der Waals surface area (Å²) in [6.45, 7) is 2.23. The fourth-order valence-electron chi connectivity index (χ4n) is 5.11. The fourth-order valence-corrected chi connectivity index (χ4v) is 5.36. The number of ether oxygens (including phenoxy) is 2. The van der Waals surface area contributed by atoms with Crippen molar-refractivity contribution in [3.05, 3.63) is 64.2 Å². The van der Waals surface area contributed by atoms with Gasteiger partial charge in [0.2, 0.25) is 0 Å². The van der Waals surface area contributed by atoms with E-state index < -0.39 is 5.97 Å². The molecule has 176 valence electrons. The molecule has 0 unspecified atom stereocenters. The third-order valence-electron chi connectivity index (χ3n) is 7.06. The van der Waals surface area contributed by atoms with Gasteiger partial charge in [0.1, 0.15) is 11.9 Å². The van der Waals surface area contributed by atoms with Crippen LogP contribution in [0.5, 0.6) is 5.75 Å². The van der Waals surface area contributed by atoms with Crippen LogP contribution >= 0.6 is 11.6 Å². The Morgan fingerprint density at radius 2 is 1.67 bits per heavy atom. The molecule has 5 heteroatoms. The summed E-state index contributed by atoms with van der Waals surface area (Å²) in [5.41, 5.74) is 2.73. The van der Waals surface area contributed by atoms with E-state index in [1.165, 1.54) is 42.9 Å². The second kappa shape index (κ2) is 11.2. The normalized spacial score (nSPS) is 20.3. The van der Waals surface area contributed by atoms with Crippen LogP contribution in [-0.4, -0.2) is 18.0 Å². The van der Waals surface area contributed by atoms with E-state index in [4.69, 9.17) is 21.1 Å². The number of halogens is 1. The van der Waals surface area contributed by atoms with Gasteiger partial charge in [0, 0.05) is 18.9 Å². The Balaban J connectivity index is 1.27. The zero-order chi connectivity index (χ0) is 23.2. The molecule has 1 saturated carbocycles. The van der Waals surface area contributed by atoms with Crippen LogP contribution in [0.1, 0.15) is 79.8 Å². The van der Waals surface area contributed by atoms with Gasteiger partial charge in [-0.1, -0.05) is 68.5 Å². The molecule has 0 spiro atoms. The largest absolute Gasteiger partial charge is 0.458 e. The van der Waals surface area contributed by atoms with Gasteiger partial charge in [0.05, 0.1) is 16.5 Å². The molecule has 0 aromatic heterocycles. The van der Waals surface area contributed by atoms with E-state index in [-0.39, 0.29) is 23.0 Å². The molecule has 2 aromatic carbocycles. The van der Waals surface area contributed by atoms with Crippen molar-refractivity contribution in [2.24, 2.45) is 11.8 Å². The van der Waals surface area contributed by atoms with Crippen LogP contribution in [0.2, 0.25) is 5.02 Å². The Morgan fingerprint density at radius 1 is 0.970 bits per heavy atom. The molecule has 0 amide bonds. The topological polar surface area (TPSA) is 52.6 Å². The Hall–Kier alpha value is -2.33. The van der Waals surface area contributed by atoms with Crippen LogP contribution in [-0.2, 0) is 22.4 Å². The highest BCUT2D eigenvalue weighted by Gasteiger charge is 2.28. The van der Waals surface area contributed by atoms with Gasteiger partial charge < -0.3 is 9.47 Å². The minimum Gasteiger partial charge on any atom is -0.458 e. The van der Waals surface area contributed by atoms with Gasteiger partial charge in [-0.2, -0.15) is 0 Å². The van der Waals surface area contributed by atoms with Crippen molar-refractivity contribution in [3.63, 3.8) is 0 Å². The first kappa shape index (κ1) is 23.8. The number of hydrogen-bond acceptors (Lipinski definition) is 4. The van der Waals surface area contributed by atoms with Gasteiger partial charge in [-0.25, -0.2) is 4.79 Å². The summed E-state index contributed by atoms with van der Waals surface area (Å²) in [6.07, 6.45) is 10.3. The summed E-state index contributed by atoms with van der Waals surface area (Å²) >= 11 is 6.36. The molecule has 2 aliphatic carbocycles. The molecule has 4 nitrogen and oxygen atoms in total. The number of carbonyl (C=O) groups excluding carboxylic acids is 2. The molecule has 0 bridgehead atoms. The summed E-state index contributed by atoms with van der Waals surface area (Å²) in [6, 6.07) is 12.9. The first-order valence-electron chi connectivity index (χ1n) is 12.3. The number of carbonyl (C=O) groups is 2. The third-order valence-corrected chi connectivity index (χ3v) is 7.37. The van der Waals surface area contributed by atoms with Crippen LogP contribution in [0, 0.1) is 11.8 Å². The number of benzene rings is 2. The lowest BCUT2D eigenvalue weighted by molar-refractivity contribution is -0.140. The standard InChI is InChI=1S/C28H33ClO4/c1-2-3-4-7-19-10-12-20(13-11-19)27(30)32-23-14-15-25(26(29)18-23)28(31)33-24-16-21-8-5-6-9-22(21)17-24/h5-6,8-9,14-15,18-20,24H,2-4,7,10-13,16-17H2,1H3. The predicted octanol–water partition coefficient (Wildman–Crippen LogP) is 6.96. The van der Waals surface area contributed by atoms with E-state index in [0.717, 1.165) is 44.4 Å².